The molecule has 5 rings (SSSR count). The van der Waals surface area contributed by atoms with E-state index in [0.717, 1.165) is 80.8 Å². The molecule has 0 radical (unpaired) electrons. The van der Waals surface area contributed by atoms with E-state index in [2.05, 4.69) is 30.8 Å². The number of benzene rings is 2. The van der Waals surface area contributed by atoms with Gasteiger partial charge >= 0.3 is 12.2 Å². The molecule has 1 aliphatic heterocycles. The Morgan fingerprint density at radius 1 is 1.00 bits per heavy atom. The Bertz CT molecular complexity index is 1420. The normalized spacial score (nSPS) is 14.5. The van der Waals surface area contributed by atoms with Gasteiger partial charge in [-0.15, -0.1) is 0 Å². The van der Waals surface area contributed by atoms with Crippen LogP contribution in [0, 0.1) is 11.3 Å². The lowest BCUT2D eigenvalue weighted by atomic mass is 10.1. The summed E-state index contributed by atoms with van der Waals surface area (Å²) in [7, 11) is 0. The lowest BCUT2D eigenvalue weighted by Crippen LogP contribution is -2.46. The van der Waals surface area contributed by atoms with Crippen molar-refractivity contribution in [3.05, 3.63) is 77.7 Å². The molecule has 1 aliphatic rings. The second-order valence-electron chi connectivity index (χ2n) is 9.29. The number of ether oxygens (including phenoxy) is 1. The maximum atomic E-state index is 12.8. The van der Waals surface area contributed by atoms with Crippen molar-refractivity contribution in [2.45, 2.75) is 25.4 Å². The van der Waals surface area contributed by atoms with Gasteiger partial charge in [-0.05, 0) is 79.9 Å². The summed E-state index contributed by atoms with van der Waals surface area (Å²) < 4.78 is 44.0. The molecular formula is C28H27F3N6O. The highest BCUT2D eigenvalue weighted by Crippen LogP contribution is 2.29. The number of rotatable bonds is 8. The maximum Gasteiger partial charge on any atom is 0.433 e. The van der Waals surface area contributed by atoms with Gasteiger partial charge in [0.15, 0.2) is 5.69 Å². The minimum absolute atomic E-state index is 0.335. The van der Waals surface area contributed by atoms with Crippen LogP contribution in [0.2, 0.25) is 0 Å². The van der Waals surface area contributed by atoms with Gasteiger partial charge in [0.05, 0.1) is 11.6 Å². The van der Waals surface area contributed by atoms with Crippen molar-refractivity contribution in [3.8, 4) is 17.8 Å². The number of aromatic amines is 1. The number of alkyl halides is 3. The zero-order valence-corrected chi connectivity index (χ0v) is 20.7. The minimum Gasteiger partial charge on any atom is -0.424 e. The Morgan fingerprint density at radius 3 is 2.53 bits per heavy atom. The zero-order chi connectivity index (χ0) is 26.5. The van der Waals surface area contributed by atoms with E-state index < -0.39 is 11.9 Å². The average molecular weight is 521 g/mol. The molecular weight excluding hydrogens is 493 g/mol. The number of piperazine rings is 1. The van der Waals surface area contributed by atoms with Gasteiger partial charge in [-0.1, -0.05) is 0 Å². The molecule has 10 heteroatoms. The van der Waals surface area contributed by atoms with Crippen molar-refractivity contribution in [3.63, 3.8) is 0 Å². The van der Waals surface area contributed by atoms with E-state index in [-0.39, 0.29) is 6.01 Å². The number of nitriles is 1. The summed E-state index contributed by atoms with van der Waals surface area (Å²) in [5.41, 5.74) is 3.01. The average Bonchev–Trinajstić information content (AvgIpc) is 3.33. The van der Waals surface area contributed by atoms with Crippen molar-refractivity contribution >= 4 is 16.6 Å². The number of halogens is 3. The number of fused-ring (bicyclic) bond motifs is 1. The molecule has 0 saturated carbocycles. The number of H-pyrrole nitrogens is 1. The molecule has 1 saturated heterocycles. The number of hydrogen-bond donors (Lipinski definition) is 1. The van der Waals surface area contributed by atoms with Crippen LogP contribution in [0.3, 0.4) is 0 Å². The quantitative estimate of drug-likeness (QED) is 0.297. The van der Waals surface area contributed by atoms with Crippen LogP contribution in [0.1, 0.15) is 29.7 Å². The van der Waals surface area contributed by atoms with Gasteiger partial charge in [0.25, 0.3) is 0 Å². The number of aryl methyl sites for hydroxylation is 1. The highest BCUT2D eigenvalue weighted by molar-refractivity contribution is 5.84. The van der Waals surface area contributed by atoms with Crippen LogP contribution in [0.25, 0.3) is 10.9 Å². The van der Waals surface area contributed by atoms with Crippen LogP contribution in [0.15, 0.2) is 60.9 Å². The van der Waals surface area contributed by atoms with Crippen LogP contribution >= 0.6 is 0 Å². The van der Waals surface area contributed by atoms with Crippen LogP contribution in [-0.2, 0) is 12.6 Å². The van der Waals surface area contributed by atoms with Crippen molar-refractivity contribution in [1.29, 1.82) is 5.26 Å². The van der Waals surface area contributed by atoms with Gasteiger partial charge in [0.1, 0.15) is 5.75 Å². The van der Waals surface area contributed by atoms with Gasteiger partial charge < -0.3 is 14.6 Å². The van der Waals surface area contributed by atoms with E-state index in [0.29, 0.717) is 11.3 Å². The van der Waals surface area contributed by atoms with Crippen molar-refractivity contribution < 1.29 is 17.9 Å². The predicted molar refractivity (Wildman–Crippen MR) is 138 cm³/mol. The van der Waals surface area contributed by atoms with E-state index in [4.69, 9.17) is 10.00 Å². The third-order valence-corrected chi connectivity index (χ3v) is 6.77. The topological polar surface area (TPSA) is 81.1 Å². The summed E-state index contributed by atoms with van der Waals surface area (Å²) in [5.74, 6) is 0.380. The molecule has 2 aromatic heterocycles. The molecule has 196 valence electrons. The molecule has 0 amide bonds. The summed E-state index contributed by atoms with van der Waals surface area (Å²) in [4.78, 5) is 15.3. The molecule has 7 nitrogen and oxygen atoms in total. The van der Waals surface area contributed by atoms with E-state index in [1.807, 2.05) is 36.5 Å². The first-order chi connectivity index (χ1) is 18.4. The molecule has 4 aromatic rings. The second kappa shape index (κ2) is 11.1. The molecule has 1 N–H and O–H groups in total. The van der Waals surface area contributed by atoms with Gasteiger partial charge in [-0.2, -0.15) is 23.4 Å². The van der Waals surface area contributed by atoms with Gasteiger partial charge in [0.2, 0.25) is 0 Å². The fourth-order valence-corrected chi connectivity index (χ4v) is 4.71. The third-order valence-electron chi connectivity index (χ3n) is 6.77. The highest BCUT2D eigenvalue weighted by atomic mass is 19.4. The Morgan fingerprint density at radius 2 is 1.79 bits per heavy atom. The largest absolute Gasteiger partial charge is 0.433 e. The van der Waals surface area contributed by atoms with E-state index >= 15 is 0 Å². The molecule has 0 atom stereocenters. The van der Waals surface area contributed by atoms with E-state index in [1.54, 1.807) is 12.1 Å². The number of hydrogen-bond acceptors (Lipinski definition) is 6. The van der Waals surface area contributed by atoms with E-state index in [9.17, 15) is 13.2 Å². The first-order valence-electron chi connectivity index (χ1n) is 12.5. The Labute approximate surface area is 218 Å². The van der Waals surface area contributed by atoms with Gasteiger partial charge in [0, 0.05) is 55.2 Å². The molecule has 2 aromatic carbocycles. The lowest BCUT2D eigenvalue weighted by Gasteiger charge is -2.36. The first kappa shape index (κ1) is 25.5. The molecule has 0 spiro atoms. The van der Waals surface area contributed by atoms with Gasteiger partial charge in [-0.3, -0.25) is 4.90 Å². The van der Waals surface area contributed by atoms with Crippen LogP contribution < -0.4 is 9.64 Å². The fourth-order valence-electron chi connectivity index (χ4n) is 4.71. The summed E-state index contributed by atoms with van der Waals surface area (Å²) in [6.45, 7) is 4.78. The first-order valence-corrected chi connectivity index (χ1v) is 12.5. The van der Waals surface area contributed by atoms with Crippen molar-refractivity contribution in [1.82, 2.24) is 19.9 Å². The minimum atomic E-state index is -4.55. The van der Waals surface area contributed by atoms with E-state index in [1.165, 1.54) is 5.56 Å². The van der Waals surface area contributed by atoms with Crippen molar-refractivity contribution in [2.24, 2.45) is 0 Å². The predicted octanol–water partition coefficient (Wildman–Crippen LogP) is 5.79. The molecule has 38 heavy (non-hydrogen) atoms. The summed E-state index contributed by atoms with van der Waals surface area (Å²) >= 11 is 0. The number of aromatic nitrogens is 3. The summed E-state index contributed by atoms with van der Waals surface area (Å²) in [6, 6.07) is 15.7. The highest BCUT2D eigenvalue weighted by Gasteiger charge is 2.33. The standard InChI is InChI=1S/C28H27F3N6O/c29-28(30,31)26-10-11-33-27(35-26)38-23-7-5-22(6-8-23)37-15-13-36(14-16-37)12-2-1-3-21-19-34-25-9-4-20(18-32)17-24(21)25/h4-11,17,19,34H,1-3,12-16H2. The number of nitrogens with zero attached hydrogens (tertiary/aromatic N) is 5. The number of anilines is 1. The van der Waals surface area contributed by atoms with Crippen molar-refractivity contribution in [2.75, 3.05) is 37.6 Å². The Balaban J connectivity index is 1.06. The molecule has 0 bridgehead atoms. The van der Waals surface area contributed by atoms with Gasteiger partial charge in [-0.25, -0.2) is 4.98 Å². The zero-order valence-electron chi connectivity index (χ0n) is 20.7. The summed E-state index contributed by atoms with van der Waals surface area (Å²) in [6.07, 6.45) is 1.71. The SMILES string of the molecule is N#Cc1ccc2[nH]cc(CCCCN3CCN(c4ccc(Oc5nccc(C(F)(F)F)n5)cc4)CC3)c2c1. The smallest absolute Gasteiger partial charge is 0.424 e. The van der Waals surface area contributed by atoms with Crippen LogP contribution in [-0.4, -0.2) is 52.6 Å². The third kappa shape index (κ3) is 6.06. The molecule has 1 fully saturated rings. The fraction of sp³-hybridized carbons (Fsp3) is 0.321. The van der Waals surface area contributed by atoms with Crippen LogP contribution in [0.4, 0.5) is 18.9 Å². The molecule has 3 heterocycles. The number of nitrogens with one attached hydrogen (secondary N) is 1. The monoisotopic (exact) mass is 520 g/mol. The second-order valence-corrected chi connectivity index (χ2v) is 9.29. The Kier molecular flexibility index (Phi) is 7.47. The Hall–Kier alpha value is -4.10. The molecule has 0 aliphatic carbocycles. The summed E-state index contributed by atoms with van der Waals surface area (Å²) in [5, 5.41) is 10.3. The molecule has 0 unspecified atom stereocenters. The number of unbranched alkanes of at least 4 members (excludes halogenated alkanes) is 1. The lowest BCUT2D eigenvalue weighted by molar-refractivity contribution is -0.141. The maximum absolute atomic E-state index is 12.8. The van der Waals surface area contributed by atoms with Crippen LogP contribution in [0.5, 0.6) is 11.8 Å².